The number of benzene rings is 2. The molecule has 2 aliphatic rings. The zero-order valence-electron chi connectivity index (χ0n) is 15.6. The van der Waals surface area contributed by atoms with Gasteiger partial charge in [-0.3, -0.25) is 0 Å². The van der Waals surface area contributed by atoms with Crippen LogP contribution in [0.2, 0.25) is 0 Å². The molecule has 0 atom stereocenters. The van der Waals surface area contributed by atoms with E-state index in [-0.39, 0.29) is 0 Å². The monoisotopic (exact) mass is 343 g/mol. The Morgan fingerprint density at radius 1 is 0.692 bits per heavy atom. The van der Waals surface area contributed by atoms with Crippen LogP contribution in [0.1, 0.15) is 30.4 Å². The van der Waals surface area contributed by atoms with E-state index >= 15 is 0 Å². The average molecular weight is 344 g/mol. The molecule has 2 aromatic rings. The van der Waals surface area contributed by atoms with Crippen LogP contribution in [-0.2, 0) is 12.8 Å². The number of hydrogen-bond donors (Lipinski definition) is 1. The molecule has 0 amide bonds. The van der Waals surface area contributed by atoms with Crippen LogP contribution in [0.4, 0.5) is 0 Å². The third-order valence-electron chi connectivity index (χ3n) is 4.93. The zero-order chi connectivity index (χ0) is 18.0. The van der Waals surface area contributed by atoms with E-state index in [0.717, 1.165) is 18.4 Å². The average Bonchev–Trinajstić information content (AvgIpc) is 3.05. The summed E-state index contributed by atoms with van der Waals surface area (Å²) in [5.41, 5.74) is 6.62. The smallest absolute Gasteiger partial charge is 0.00172 e. The molecule has 0 spiro atoms. The Bertz CT molecular complexity index is 694. The van der Waals surface area contributed by atoms with E-state index in [9.17, 15) is 0 Å². The van der Waals surface area contributed by atoms with Crippen LogP contribution in [0.5, 0.6) is 0 Å². The topological polar surface area (TPSA) is 12.0 Å². The maximum absolute atomic E-state index is 4.18. The predicted molar refractivity (Wildman–Crippen MR) is 112 cm³/mol. The lowest BCUT2D eigenvalue weighted by molar-refractivity contribution is 0.520. The predicted octanol–water partition coefficient (Wildman–Crippen LogP) is 5.65. The van der Waals surface area contributed by atoms with Crippen LogP contribution in [-0.4, -0.2) is 13.1 Å². The SMILES string of the molecule is C1CCNCC1.C=C1C=CC(Cc2ccccc2)=C1Cc1ccccc1. The second kappa shape index (κ2) is 9.94. The molecule has 0 radical (unpaired) electrons. The molecule has 1 heteroatoms. The fourth-order valence-electron chi connectivity index (χ4n) is 3.42. The third-order valence-corrected chi connectivity index (χ3v) is 4.93. The van der Waals surface area contributed by atoms with Gasteiger partial charge in [0.2, 0.25) is 0 Å². The largest absolute Gasteiger partial charge is 0.317 e. The molecule has 26 heavy (non-hydrogen) atoms. The molecule has 0 aromatic heterocycles. The van der Waals surface area contributed by atoms with Crippen LogP contribution < -0.4 is 5.32 Å². The summed E-state index contributed by atoms with van der Waals surface area (Å²) in [6.45, 7) is 6.68. The van der Waals surface area contributed by atoms with E-state index < -0.39 is 0 Å². The fraction of sp³-hybridized carbons (Fsp3) is 0.280. The third kappa shape index (κ3) is 5.57. The van der Waals surface area contributed by atoms with Crippen LogP contribution in [0, 0.1) is 0 Å². The Morgan fingerprint density at radius 2 is 1.27 bits per heavy atom. The number of hydrogen-bond acceptors (Lipinski definition) is 1. The maximum atomic E-state index is 4.18. The molecule has 134 valence electrons. The Balaban J connectivity index is 0.000000278. The summed E-state index contributed by atoms with van der Waals surface area (Å²) in [5.74, 6) is 0. The zero-order valence-corrected chi connectivity index (χ0v) is 15.6. The van der Waals surface area contributed by atoms with E-state index in [1.807, 2.05) is 0 Å². The minimum atomic E-state index is 0.967. The second-order valence-electron chi connectivity index (χ2n) is 7.00. The van der Waals surface area contributed by atoms with Gasteiger partial charge in [-0.25, -0.2) is 0 Å². The van der Waals surface area contributed by atoms with Crippen molar-refractivity contribution in [3.8, 4) is 0 Å². The molecule has 1 aliphatic heterocycles. The first-order valence-corrected chi connectivity index (χ1v) is 9.71. The highest BCUT2D eigenvalue weighted by molar-refractivity contribution is 5.55. The van der Waals surface area contributed by atoms with Crippen molar-refractivity contribution in [2.24, 2.45) is 0 Å². The molecule has 0 bridgehead atoms. The lowest BCUT2D eigenvalue weighted by atomic mass is 9.95. The summed E-state index contributed by atoms with van der Waals surface area (Å²) in [7, 11) is 0. The molecule has 1 nitrogen and oxygen atoms in total. The Hall–Kier alpha value is -2.38. The van der Waals surface area contributed by atoms with Crippen molar-refractivity contribution in [1.82, 2.24) is 5.32 Å². The molecular formula is C25H29N. The lowest BCUT2D eigenvalue weighted by Gasteiger charge is -2.09. The van der Waals surface area contributed by atoms with E-state index in [2.05, 4.69) is 84.7 Å². The first kappa shape index (κ1) is 18.4. The molecule has 0 saturated carbocycles. The highest BCUT2D eigenvalue weighted by atomic mass is 14.9. The van der Waals surface area contributed by atoms with E-state index in [1.54, 1.807) is 0 Å². The summed E-state index contributed by atoms with van der Waals surface area (Å²) in [5, 5.41) is 3.28. The molecule has 1 heterocycles. The molecule has 0 unspecified atom stereocenters. The standard InChI is InChI=1S/C20H18.C5H11N/c1-16-12-13-19(14-17-8-4-2-5-9-17)20(16)15-18-10-6-3-7-11-18;1-2-4-6-5-3-1/h2-13H,1,14-15H2;6H,1-5H2. The molecular weight excluding hydrogens is 314 g/mol. The van der Waals surface area contributed by atoms with Gasteiger partial charge in [0.05, 0.1) is 0 Å². The van der Waals surface area contributed by atoms with Crippen molar-refractivity contribution in [1.29, 1.82) is 0 Å². The molecule has 2 aromatic carbocycles. The van der Waals surface area contributed by atoms with Gasteiger partial charge in [0.15, 0.2) is 0 Å². The van der Waals surface area contributed by atoms with Crippen molar-refractivity contribution in [3.05, 3.63) is 107 Å². The quantitative estimate of drug-likeness (QED) is 0.756. The van der Waals surface area contributed by atoms with Gasteiger partial charge in [0.1, 0.15) is 0 Å². The summed E-state index contributed by atoms with van der Waals surface area (Å²) in [4.78, 5) is 0. The molecule has 1 fully saturated rings. The molecule has 1 saturated heterocycles. The van der Waals surface area contributed by atoms with Gasteiger partial charge in [0.25, 0.3) is 0 Å². The lowest BCUT2D eigenvalue weighted by Crippen LogP contribution is -2.21. The van der Waals surface area contributed by atoms with Gasteiger partial charge in [0, 0.05) is 0 Å². The molecule has 4 rings (SSSR count). The van der Waals surface area contributed by atoms with Crippen molar-refractivity contribution in [3.63, 3.8) is 0 Å². The van der Waals surface area contributed by atoms with Gasteiger partial charge in [-0.1, -0.05) is 85.8 Å². The number of rotatable bonds is 4. The Labute approximate surface area is 158 Å². The van der Waals surface area contributed by atoms with Gasteiger partial charge in [-0.2, -0.15) is 0 Å². The maximum Gasteiger partial charge on any atom is -0.00172 e. The first-order valence-electron chi connectivity index (χ1n) is 9.71. The minimum Gasteiger partial charge on any atom is -0.317 e. The van der Waals surface area contributed by atoms with E-state index in [4.69, 9.17) is 0 Å². The fourth-order valence-corrected chi connectivity index (χ4v) is 3.42. The van der Waals surface area contributed by atoms with Crippen LogP contribution in [0.3, 0.4) is 0 Å². The number of piperidine rings is 1. The van der Waals surface area contributed by atoms with Crippen LogP contribution in [0.15, 0.2) is 96.1 Å². The highest BCUT2D eigenvalue weighted by Gasteiger charge is 2.13. The minimum absolute atomic E-state index is 0.967. The summed E-state index contributed by atoms with van der Waals surface area (Å²) >= 11 is 0. The van der Waals surface area contributed by atoms with Crippen LogP contribution in [0.25, 0.3) is 0 Å². The van der Waals surface area contributed by atoms with Gasteiger partial charge >= 0.3 is 0 Å². The second-order valence-corrected chi connectivity index (χ2v) is 7.00. The number of nitrogens with one attached hydrogen (secondary N) is 1. The van der Waals surface area contributed by atoms with Gasteiger partial charge in [-0.05, 0) is 66.6 Å². The van der Waals surface area contributed by atoms with Crippen molar-refractivity contribution >= 4 is 0 Å². The summed E-state index contributed by atoms with van der Waals surface area (Å²) < 4.78 is 0. The van der Waals surface area contributed by atoms with Gasteiger partial charge in [-0.15, -0.1) is 0 Å². The molecule has 1 N–H and O–H groups in total. The first-order chi connectivity index (χ1) is 12.8. The summed E-state index contributed by atoms with van der Waals surface area (Å²) in [6.07, 6.45) is 10.5. The van der Waals surface area contributed by atoms with Crippen molar-refractivity contribution < 1.29 is 0 Å². The highest BCUT2D eigenvalue weighted by Crippen LogP contribution is 2.29. The van der Waals surface area contributed by atoms with Crippen LogP contribution >= 0.6 is 0 Å². The number of allylic oxidation sites excluding steroid dienone is 5. The van der Waals surface area contributed by atoms with E-state index in [1.165, 1.54) is 54.6 Å². The Morgan fingerprint density at radius 3 is 1.77 bits per heavy atom. The molecule has 1 aliphatic carbocycles. The van der Waals surface area contributed by atoms with Crippen molar-refractivity contribution in [2.45, 2.75) is 32.1 Å². The summed E-state index contributed by atoms with van der Waals surface area (Å²) in [6, 6.07) is 21.2. The van der Waals surface area contributed by atoms with Gasteiger partial charge < -0.3 is 5.32 Å². The normalized spacial score (nSPS) is 16.4. The Kier molecular flexibility index (Phi) is 7.04. The van der Waals surface area contributed by atoms with E-state index in [0.29, 0.717) is 0 Å². The van der Waals surface area contributed by atoms with Crippen molar-refractivity contribution in [2.75, 3.05) is 13.1 Å².